The lowest BCUT2D eigenvalue weighted by Gasteiger charge is -2.38. The second kappa shape index (κ2) is 3.90. The summed E-state index contributed by atoms with van der Waals surface area (Å²) in [6.45, 7) is 5.39. The van der Waals surface area contributed by atoms with Crippen molar-refractivity contribution in [3.63, 3.8) is 0 Å². The maximum atomic E-state index is 11.4. The molecule has 0 spiro atoms. The highest BCUT2D eigenvalue weighted by molar-refractivity contribution is 5.69. The zero-order valence-corrected chi connectivity index (χ0v) is 10.7. The fraction of sp³-hybridized carbons (Fsp3) is 0.500. The molecule has 1 N–H and O–H groups in total. The largest absolute Gasteiger partial charge is 0.493 e. The Bertz CT molecular complexity index is 496. The van der Waals surface area contributed by atoms with Gasteiger partial charge in [-0.15, -0.1) is 0 Å². The number of nitrogens with one attached hydrogen (secondary N) is 1. The Balaban J connectivity index is 1.95. The van der Waals surface area contributed by atoms with E-state index in [9.17, 15) is 4.79 Å². The van der Waals surface area contributed by atoms with Crippen LogP contribution in [0.1, 0.15) is 31.0 Å². The summed E-state index contributed by atoms with van der Waals surface area (Å²) in [6, 6.07) is 6.15. The predicted molar refractivity (Wildman–Crippen MR) is 66.6 cm³/mol. The van der Waals surface area contributed by atoms with Crippen LogP contribution in [0.15, 0.2) is 18.2 Å². The standard InChI is InChI=1S/C14H17NO3/c1-14(2)8-18-13(16)15-12(14)10-3-4-11-9(7-10)5-6-17-11/h3-4,7,12H,5-6,8H2,1-2H3,(H,15,16)/t12-/m0/s1. The fourth-order valence-electron chi connectivity index (χ4n) is 2.61. The number of fused-ring (bicyclic) bond motifs is 1. The molecule has 1 aromatic rings. The van der Waals surface area contributed by atoms with Crippen molar-refractivity contribution in [1.82, 2.24) is 5.32 Å². The zero-order valence-electron chi connectivity index (χ0n) is 10.7. The smallest absolute Gasteiger partial charge is 0.407 e. The Morgan fingerprint density at radius 1 is 1.33 bits per heavy atom. The molecule has 0 saturated carbocycles. The molecule has 0 radical (unpaired) electrons. The van der Waals surface area contributed by atoms with Gasteiger partial charge in [0, 0.05) is 11.8 Å². The first kappa shape index (κ1) is 11.4. The molecule has 2 aliphatic heterocycles. The third-order valence-corrected chi connectivity index (χ3v) is 3.67. The molecule has 0 bridgehead atoms. The van der Waals surface area contributed by atoms with Crippen LogP contribution in [0.4, 0.5) is 4.79 Å². The monoisotopic (exact) mass is 247 g/mol. The Hall–Kier alpha value is -1.71. The number of carbonyl (C=O) groups is 1. The van der Waals surface area contributed by atoms with Gasteiger partial charge in [0.2, 0.25) is 0 Å². The van der Waals surface area contributed by atoms with E-state index in [4.69, 9.17) is 9.47 Å². The lowest BCUT2D eigenvalue weighted by atomic mass is 9.80. The lowest BCUT2D eigenvalue weighted by molar-refractivity contribution is 0.0387. The number of rotatable bonds is 1. The third-order valence-electron chi connectivity index (χ3n) is 3.67. The molecule has 0 unspecified atom stereocenters. The first-order valence-corrected chi connectivity index (χ1v) is 6.25. The van der Waals surface area contributed by atoms with Crippen molar-refractivity contribution in [3.8, 4) is 5.75 Å². The van der Waals surface area contributed by atoms with Crippen molar-refractivity contribution in [2.75, 3.05) is 13.2 Å². The molecule has 1 aromatic carbocycles. The molecule has 4 nitrogen and oxygen atoms in total. The van der Waals surface area contributed by atoms with Gasteiger partial charge in [-0.3, -0.25) is 0 Å². The summed E-state index contributed by atoms with van der Waals surface area (Å²) in [5.74, 6) is 0.968. The number of amides is 1. The molecule has 1 amide bonds. The van der Waals surface area contributed by atoms with Gasteiger partial charge in [-0.05, 0) is 23.3 Å². The van der Waals surface area contributed by atoms with Gasteiger partial charge in [-0.2, -0.15) is 0 Å². The average Bonchev–Trinajstić information content (AvgIpc) is 2.79. The average molecular weight is 247 g/mol. The minimum atomic E-state index is -0.337. The van der Waals surface area contributed by atoms with Crippen molar-refractivity contribution in [1.29, 1.82) is 0 Å². The molecule has 2 aliphatic rings. The summed E-state index contributed by atoms with van der Waals surface area (Å²) < 4.78 is 10.6. The van der Waals surface area contributed by atoms with Crippen LogP contribution in [0, 0.1) is 5.41 Å². The summed E-state index contributed by atoms with van der Waals surface area (Å²) in [6.07, 6.45) is 0.608. The van der Waals surface area contributed by atoms with E-state index in [1.165, 1.54) is 5.56 Å². The molecule has 0 aliphatic carbocycles. The van der Waals surface area contributed by atoms with Crippen LogP contribution in [0.5, 0.6) is 5.75 Å². The number of ether oxygens (including phenoxy) is 2. The number of benzene rings is 1. The molecule has 1 saturated heterocycles. The normalized spacial score (nSPS) is 24.8. The number of hydrogen-bond acceptors (Lipinski definition) is 3. The molecular weight excluding hydrogens is 230 g/mol. The van der Waals surface area contributed by atoms with E-state index < -0.39 is 0 Å². The Morgan fingerprint density at radius 3 is 3.00 bits per heavy atom. The number of alkyl carbamates (subject to hydrolysis) is 1. The summed E-state index contributed by atoms with van der Waals surface area (Å²) in [7, 11) is 0. The summed E-state index contributed by atoms with van der Waals surface area (Å²) in [5.41, 5.74) is 2.24. The van der Waals surface area contributed by atoms with Crippen LogP contribution in [-0.2, 0) is 11.2 Å². The van der Waals surface area contributed by atoms with E-state index >= 15 is 0 Å². The van der Waals surface area contributed by atoms with Crippen molar-refractivity contribution >= 4 is 6.09 Å². The molecule has 2 heterocycles. The number of cyclic esters (lactones) is 1. The third kappa shape index (κ3) is 1.82. The Morgan fingerprint density at radius 2 is 2.17 bits per heavy atom. The van der Waals surface area contributed by atoms with E-state index in [-0.39, 0.29) is 17.6 Å². The van der Waals surface area contributed by atoms with E-state index in [0.29, 0.717) is 6.61 Å². The van der Waals surface area contributed by atoms with E-state index in [1.54, 1.807) is 0 Å². The lowest BCUT2D eigenvalue weighted by Crippen LogP contribution is -2.46. The Labute approximate surface area is 106 Å². The van der Waals surface area contributed by atoms with E-state index in [2.05, 4.69) is 25.2 Å². The molecule has 3 rings (SSSR count). The molecule has 1 atom stereocenters. The quantitative estimate of drug-likeness (QED) is 0.829. The van der Waals surface area contributed by atoms with Gasteiger partial charge in [0.25, 0.3) is 0 Å². The molecule has 18 heavy (non-hydrogen) atoms. The summed E-state index contributed by atoms with van der Waals surface area (Å²) >= 11 is 0. The topological polar surface area (TPSA) is 47.6 Å². The van der Waals surface area contributed by atoms with Gasteiger partial charge in [-0.1, -0.05) is 19.9 Å². The first-order chi connectivity index (χ1) is 8.56. The van der Waals surface area contributed by atoms with Crippen molar-refractivity contribution in [2.24, 2.45) is 5.41 Å². The minimum absolute atomic E-state index is 0.00958. The number of carbonyl (C=O) groups excluding carboxylic acids is 1. The van der Waals surface area contributed by atoms with Crippen molar-refractivity contribution < 1.29 is 14.3 Å². The van der Waals surface area contributed by atoms with Gasteiger partial charge in [0.15, 0.2) is 0 Å². The fourth-order valence-corrected chi connectivity index (χ4v) is 2.61. The predicted octanol–water partition coefficient (Wildman–Crippen LogP) is 2.43. The van der Waals surface area contributed by atoms with Crippen LogP contribution >= 0.6 is 0 Å². The van der Waals surface area contributed by atoms with Gasteiger partial charge in [0.1, 0.15) is 12.4 Å². The number of hydrogen-bond donors (Lipinski definition) is 1. The highest BCUT2D eigenvalue weighted by Crippen LogP contribution is 2.38. The molecule has 0 aromatic heterocycles. The van der Waals surface area contributed by atoms with Crippen LogP contribution in [0.25, 0.3) is 0 Å². The molecule has 4 heteroatoms. The van der Waals surface area contributed by atoms with Crippen LogP contribution in [-0.4, -0.2) is 19.3 Å². The maximum Gasteiger partial charge on any atom is 0.407 e. The minimum Gasteiger partial charge on any atom is -0.493 e. The molecule has 1 fully saturated rings. The van der Waals surface area contributed by atoms with Crippen LogP contribution in [0.2, 0.25) is 0 Å². The van der Waals surface area contributed by atoms with Gasteiger partial charge < -0.3 is 14.8 Å². The second-order valence-corrected chi connectivity index (χ2v) is 5.61. The first-order valence-electron chi connectivity index (χ1n) is 6.25. The van der Waals surface area contributed by atoms with Gasteiger partial charge in [-0.25, -0.2) is 4.79 Å². The second-order valence-electron chi connectivity index (χ2n) is 5.61. The molecular formula is C14H17NO3. The zero-order chi connectivity index (χ0) is 12.8. The van der Waals surface area contributed by atoms with Crippen molar-refractivity contribution in [2.45, 2.75) is 26.3 Å². The van der Waals surface area contributed by atoms with Gasteiger partial charge >= 0.3 is 6.09 Å². The van der Waals surface area contributed by atoms with E-state index in [1.807, 2.05) is 12.1 Å². The molecule has 96 valence electrons. The Kier molecular flexibility index (Phi) is 2.47. The van der Waals surface area contributed by atoms with Crippen LogP contribution < -0.4 is 10.1 Å². The van der Waals surface area contributed by atoms with Crippen molar-refractivity contribution in [3.05, 3.63) is 29.3 Å². The maximum absolute atomic E-state index is 11.4. The SMILES string of the molecule is CC1(C)COC(=O)N[C@H]1c1ccc2c(c1)CCO2. The van der Waals surface area contributed by atoms with Gasteiger partial charge in [0.05, 0.1) is 12.6 Å². The summed E-state index contributed by atoms with van der Waals surface area (Å²) in [5, 5.41) is 2.91. The highest BCUT2D eigenvalue weighted by atomic mass is 16.6. The highest BCUT2D eigenvalue weighted by Gasteiger charge is 2.38. The summed E-state index contributed by atoms with van der Waals surface area (Å²) in [4.78, 5) is 11.4. The van der Waals surface area contributed by atoms with Crippen LogP contribution in [0.3, 0.4) is 0 Å². The van der Waals surface area contributed by atoms with E-state index in [0.717, 1.165) is 24.3 Å².